The van der Waals surface area contributed by atoms with E-state index in [1.54, 1.807) is 0 Å². The molecule has 0 unspecified atom stereocenters. The zero-order valence-electron chi connectivity index (χ0n) is 5.27. The third-order valence-corrected chi connectivity index (χ3v) is 2.11. The second-order valence-electron chi connectivity index (χ2n) is 2.01. The first-order valence-electron chi connectivity index (χ1n) is 2.76. The van der Waals surface area contributed by atoms with Crippen molar-refractivity contribution in [2.24, 2.45) is 0 Å². The third kappa shape index (κ3) is 1.34. The number of hydrogen-bond acceptors (Lipinski definition) is 1. The quantitative estimate of drug-likeness (QED) is 0.559. The van der Waals surface area contributed by atoms with Gasteiger partial charge in [0.15, 0.2) is 0 Å². The van der Waals surface area contributed by atoms with Crippen LogP contribution in [-0.2, 0) is 0 Å². The maximum Gasteiger partial charge on any atom is 0.510 e. The zero-order valence-corrected chi connectivity index (χ0v) is 6.09. The van der Waals surface area contributed by atoms with E-state index in [-0.39, 0.29) is 0 Å². The van der Waals surface area contributed by atoms with Crippen molar-refractivity contribution in [1.29, 1.82) is 0 Å². The van der Waals surface area contributed by atoms with Crippen LogP contribution in [0.2, 0.25) is 0 Å². The smallest absolute Gasteiger partial charge is 0.445 e. The number of rotatable bonds is 1. The predicted octanol–water partition coefficient (Wildman–Crippen LogP) is 2.11. The van der Waals surface area contributed by atoms with Crippen LogP contribution in [0, 0.1) is 6.92 Å². The fourth-order valence-corrected chi connectivity index (χ4v) is 1.49. The fraction of sp³-hybridized carbons (Fsp3) is 0.200. The van der Waals surface area contributed by atoms with Crippen molar-refractivity contribution in [3.63, 3.8) is 0 Å². The Morgan fingerprint density at radius 3 is 2.20 bits per heavy atom. The van der Waals surface area contributed by atoms with Crippen LogP contribution in [0.1, 0.15) is 4.88 Å². The second kappa shape index (κ2) is 2.30. The third-order valence-electron chi connectivity index (χ3n) is 1.25. The SMILES string of the molecule is Cc1sccc1[B-](F)(F)F. The number of hydrogen-bond donors (Lipinski definition) is 0. The molecule has 0 bridgehead atoms. The normalized spacial score (nSPS) is 12.0. The molecule has 1 aromatic rings. The van der Waals surface area contributed by atoms with Gasteiger partial charge in [0, 0.05) is 0 Å². The lowest BCUT2D eigenvalue weighted by Crippen LogP contribution is -2.34. The van der Waals surface area contributed by atoms with E-state index in [9.17, 15) is 12.9 Å². The summed E-state index contributed by atoms with van der Waals surface area (Å²) in [5.74, 6) is 0. The summed E-state index contributed by atoms with van der Waals surface area (Å²) in [7, 11) is 0. The molecule has 0 saturated heterocycles. The summed E-state index contributed by atoms with van der Waals surface area (Å²) >= 11 is 1.13. The van der Waals surface area contributed by atoms with Crippen molar-refractivity contribution in [2.45, 2.75) is 6.92 Å². The summed E-state index contributed by atoms with van der Waals surface area (Å²) < 4.78 is 35.9. The van der Waals surface area contributed by atoms with E-state index < -0.39 is 12.4 Å². The lowest BCUT2D eigenvalue weighted by molar-refractivity contribution is 0.501. The summed E-state index contributed by atoms with van der Waals surface area (Å²) in [6.07, 6.45) is 0. The van der Waals surface area contributed by atoms with Gasteiger partial charge in [0.1, 0.15) is 0 Å². The van der Waals surface area contributed by atoms with Gasteiger partial charge >= 0.3 is 6.98 Å². The van der Waals surface area contributed by atoms with Crippen LogP contribution in [-0.4, -0.2) is 6.98 Å². The summed E-state index contributed by atoms with van der Waals surface area (Å²) in [6.45, 7) is -3.30. The van der Waals surface area contributed by atoms with Gasteiger partial charge in [0.2, 0.25) is 0 Å². The number of aryl methyl sites for hydroxylation is 1. The first-order valence-corrected chi connectivity index (χ1v) is 3.63. The number of thiophene rings is 1. The van der Waals surface area contributed by atoms with Gasteiger partial charge in [-0.3, -0.25) is 0 Å². The van der Waals surface area contributed by atoms with Gasteiger partial charge in [0.25, 0.3) is 0 Å². The molecule has 1 rings (SSSR count). The minimum atomic E-state index is -4.78. The van der Waals surface area contributed by atoms with E-state index >= 15 is 0 Å². The standard InChI is InChI=1S/C5H5BF3S/c1-4-5(2-3-10-4)6(7,8)9/h2-3H,1H3/q-1. The molecule has 5 heteroatoms. The van der Waals surface area contributed by atoms with Gasteiger partial charge in [0.05, 0.1) is 0 Å². The molecular formula is C5H5BF3S-. The van der Waals surface area contributed by atoms with E-state index in [1.807, 2.05) is 0 Å². The topological polar surface area (TPSA) is 0 Å². The van der Waals surface area contributed by atoms with Crippen molar-refractivity contribution >= 4 is 23.8 Å². The highest BCUT2D eigenvalue weighted by Gasteiger charge is 2.27. The Morgan fingerprint density at radius 2 is 2.00 bits per heavy atom. The van der Waals surface area contributed by atoms with E-state index in [1.165, 1.54) is 12.3 Å². The van der Waals surface area contributed by atoms with Crippen molar-refractivity contribution in [3.05, 3.63) is 16.3 Å². The van der Waals surface area contributed by atoms with Crippen molar-refractivity contribution in [2.75, 3.05) is 0 Å². The van der Waals surface area contributed by atoms with E-state index in [2.05, 4.69) is 0 Å². The van der Waals surface area contributed by atoms with Gasteiger partial charge in [-0.25, -0.2) is 0 Å². The van der Waals surface area contributed by atoms with E-state index in [0.29, 0.717) is 4.88 Å². The summed E-state index contributed by atoms with van der Waals surface area (Å²) in [5, 5.41) is 1.46. The molecule has 0 aromatic carbocycles. The Balaban J connectivity index is 3.05. The first kappa shape index (κ1) is 7.66. The molecule has 0 N–H and O–H groups in total. The molecule has 1 aromatic heterocycles. The Morgan fingerprint density at radius 1 is 1.40 bits per heavy atom. The largest absolute Gasteiger partial charge is 0.510 e. The average Bonchev–Trinajstić information content (AvgIpc) is 2.11. The lowest BCUT2D eigenvalue weighted by Gasteiger charge is -2.12. The predicted molar refractivity (Wildman–Crippen MR) is 37.8 cm³/mol. The lowest BCUT2D eigenvalue weighted by atomic mass is 9.81. The fourth-order valence-electron chi connectivity index (χ4n) is 0.734. The number of halogens is 3. The van der Waals surface area contributed by atoms with Gasteiger partial charge in [-0.2, -0.15) is 11.3 Å². The average molecular weight is 165 g/mol. The molecule has 0 nitrogen and oxygen atoms in total. The molecule has 0 aliphatic heterocycles. The van der Waals surface area contributed by atoms with E-state index in [0.717, 1.165) is 17.4 Å². The minimum absolute atomic E-state index is 0.354. The summed E-state index contributed by atoms with van der Waals surface area (Å²) in [4.78, 5) is 0.354. The maximum atomic E-state index is 12.0. The Kier molecular flexibility index (Phi) is 1.77. The molecule has 1 heterocycles. The molecule has 10 heavy (non-hydrogen) atoms. The van der Waals surface area contributed by atoms with Crippen LogP contribution in [0.4, 0.5) is 12.9 Å². The van der Waals surface area contributed by atoms with Crippen LogP contribution in [0.25, 0.3) is 0 Å². The molecule has 0 atom stereocenters. The molecule has 0 amide bonds. The van der Waals surface area contributed by atoms with Crippen molar-refractivity contribution < 1.29 is 12.9 Å². The Hall–Kier alpha value is -0.445. The van der Waals surface area contributed by atoms with Gasteiger partial charge in [-0.1, -0.05) is 11.5 Å². The van der Waals surface area contributed by atoms with Crippen LogP contribution in [0.15, 0.2) is 11.4 Å². The zero-order chi connectivity index (χ0) is 7.78. The molecule has 0 radical (unpaired) electrons. The molecular weight excluding hydrogens is 160 g/mol. The van der Waals surface area contributed by atoms with Crippen molar-refractivity contribution in [1.82, 2.24) is 0 Å². The summed E-state index contributed by atoms with van der Waals surface area (Å²) in [5.41, 5.74) is -0.454. The minimum Gasteiger partial charge on any atom is -0.445 e. The molecule has 0 fully saturated rings. The highest BCUT2D eigenvalue weighted by Crippen LogP contribution is 2.15. The Labute approximate surface area is 60.7 Å². The van der Waals surface area contributed by atoms with Crippen LogP contribution >= 0.6 is 11.3 Å². The van der Waals surface area contributed by atoms with E-state index in [4.69, 9.17) is 0 Å². The highest BCUT2D eigenvalue weighted by atomic mass is 32.1. The van der Waals surface area contributed by atoms with Gasteiger partial charge in [-0.05, 0) is 17.2 Å². The van der Waals surface area contributed by atoms with Crippen molar-refractivity contribution in [3.8, 4) is 0 Å². The van der Waals surface area contributed by atoms with Gasteiger partial charge in [-0.15, -0.1) is 0 Å². The molecule has 0 aliphatic rings. The molecule has 0 spiro atoms. The van der Waals surface area contributed by atoms with Crippen LogP contribution < -0.4 is 5.46 Å². The molecule has 56 valence electrons. The molecule has 0 aliphatic carbocycles. The monoisotopic (exact) mass is 165 g/mol. The first-order chi connectivity index (χ1) is 4.52. The highest BCUT2D eigenvalue weighted by molar-refractivity contribution is 7.11. The van der Waals surface area contributed by atoms with Crippen LogP contribution in [0.3, 0.4) is 0 Å². The second-order valence-corrected chi connectivity index (χ2v) is 3.13. The summed E-state index contributed by atoms with van der Waals surface area (Å²) in [6, 6.07) is 1.12. The Bertz CT molecular complexity index is 227. The maximum absolute atomic E-state index is 12.0. The van der Waals surface area contributed by atoms with Gasteiger partial charge < -0.3 is 12.9 Å². The molecule has 0 saturated carbocycles. The van der Waals surface area contributed by atoms with Crippen LogP contribution in [0.5, 0.6) is 0 Å².